The fraction of sp³-hybridized carbons (Fsp3) is 0.706. The average Bonchev–Trinajstić information content (AvgIpc) is 2.93. The molecule has 1 aliphatic rings. The Hall–Kier alpha value is -0.940. The maximum atomic E-state index is 11.9. The van der Waals surface area contributed by atoms with Crippen LogP contribution in [0.1, 0.15) is 66.4 Å². The third kappa shape index (κ3) is 6.05. The van der Waals surface area contributed by atoms with Gasteiger partial charge in [0.2, 0.25) is 0 Å². The van der Waals surface area contributed by atoms with E-state index in [2.05, 4.69) is 20.6 Å². The second-order valence-corrected chi connectivity index (χ2v) is 7.36. The number of aliphatic imine (C=N–C) groups is 1. The summed E-state index contributed by atoms with van der Waals surface area (Å²) in [5, 5.41) is 17.5. The van der Waals surface area contributed by atoms with Gasteiger partial charge in [-0.3, -0.25) is 4.99 Å². The lowest BCUT2D eigenvalue weighted by Crippen LogP contribution is -2.43. The molecule has 1 atom stereocenters. The first kappa shape index (κ1) is 23.1. The number of nitrogens with zero attached hydrogens (tertiary/aromatic N) is 2. The van der Waals surface area contributed by atoms with Crippen LogP contribution >= 0.6 is 35.3 Å². The zero-order valence-electron chi connectivity index (χ0n) is 15.8. The van der Waals surface area contributed by atoms with E-state index in [0.717, 1.165) is 30.8 Å². The number of aromatic nitrogens is 1. The predicted octanol–water partition coefficient (Wildman–Crippen LogP) is 2.78. The van der Waals surface area contributed by atoms with Crippen molar-refractivity contribution in [3.63, 3.8) is 0 Å². The molecule has 7 nitrogen and oxygen atoms in total. The summed E-state index contributed by atoms with van der Waals surface area (Å²) in [6, 6.07) is -0.110. The number of nitrogens with one attached hydrogen (secondary N) is 2. The molecule has 1 fully saturated rings. The Morgan fingerprint density at radius 2 is 2.15 bits per heavy atom. The van der Waals surface area contributed by atoms with Crippen molar-refractivity contribution in [1.29, 1.82) is 0 Å². The minimum Gasteiger partial charge on any atom is -0.462 e. The molecule has 9 heteroatoms. The summed E-state index contributed by atoms with van der Waals surface area (Å²) in [6.45, 7) is 9.02. The first-order chi connectivity index (χ1) is 11.9. The van der Waals surface area contributed by atoms with Gasteiger partial charge < -0.3 is 20.5 Å². The van der Waals surface area contributed by atoms with E-state index in [1.54, 1.807) is 6.92 Å². The number of carbonyl (C=O) groups is 1. The van der Waals surface area contributed by atoms with Gasteiger partial charge in [0, 0.05) is 6.54 Å². The zero-order valence-corrected chi connectivity index (χ0v) is 18.9. The van der Waals surface area contributed by atoms with Gasteiger partial charge in [-0.1, -0.05) is 0 Å². The summed E-state index contributed by atoms with van der Waals surface area (Å²) in [7, 11) is 0. The highest BCUT2D eigenvalue weighted by atomic mass is 127. The molecule has 0 aliphatic heterocycles. The van der Waals surface area contributed by atoms with Crippen LogP contribution in [0.25, 0.3) is 0 Å². The van der Waals surface area contributed by atoms with Crippen molar-refractivity contribution < 1.29 is 14.6 Å². The van der Waals surface area contributed by atoms with Gasteiger partial charge in [-0.25, -0.2) is 9.78 Å². The lowest BCUT2D eigenvalue weighted by Gasteiger charge is -2.35. The van der Waals surface area contributed by atoms with E-state index in [-0.39, 0.29) is 36.0 Å². The Bertz CT molecular complexity index is 632. The standard InChI is InChI=1S/C17H28N4O3S.HI/c1-5-18-16(19-10-17(23)8-7-9-17)21-12(4)14-20-11(3)13(25-14)15(22)24-6-2;/h12,23H,5-10H2,1-4H3,(H2,18,19,21);1H. The number of rotatable bonds is 7. The number of thiazole rings is 1. The van der Waals surface area contributed by atoms with Gasteiger partial charge in [0.15, 0.2) is 5.96 Å². The van der Waals surface area contributed by atoms with Crippen LogP contribution in [0.5, 0.6) is 0 Å². The van der Waals surface area contributed by atoms with E-state index in [1.807, 2.05) is 20.8 Å². The van der Waals surface area contributed by atoms with E-state index in [1.165, 1.54) is 11.3 Å². The van der Waals surface area contributed by atoms with Gasteiger partial charge in [-0.2, -0.15) is 0 Å². The van der Waals surface area contributed by atoms with Gasteiger partial charge in [-0.05, 0) is 47.0 Å². The molecule has 0 amide bonds. The summed E-state index contributed by atoms with van der Waals surface area (Å²) in [5.74, 6) is 0.310. The molecule has 0 spiro atoms. The van der Waals surface area contributed by atoms with Crippen molar-refractivity contribution in [2.24, 2.45) is 4.99 Å². The molecule has 0 radical (unpaired) electrons. The second kappa shape index (κ2) is 10.4. The molecule has 1 aromatic rings. The van der Waals surface area contributed by atoms with Crippen LogP contribution < -0.4 is 10.6 Å². The summed E-state index contributed by atoms with van der Waals surface area (Å²) in [5.41, 5.74) is 0.0262. The number of hydrogen-bond acceptors (Lipinski definition) is 6. The van der Waals surface area contributed by atoms with Crippen LogP contribution in [0, 0.1) is 6.92 Å². The molecule has 1 aliphatic carbocycles. The monoisotopic (exact) mass is 496 g/mol. The number of aryl methyl sites for hydroxylation is 1. The zero-order chi connectivity index (χ0) is 18.4. The van der Waals surface area contributed by atoms with Crippen LogP contribution in [0.4, 0.5) is 0 Å². The molecule has 0 aromatic carbocycles. The third-order valence-electron chi connectivity index (χ3n) is 4.16. The predicted molar refractivity (Wildman–Crippen MR) is 115 cm³/mol. The van der Waals surface area contributed by atoms with Gasteiger partial charge in [-0.15, -0.1) is 35.3 Å². The Labute approximate surface area is 176 Å². The van der Waals surface area contributed by atoms with Crippen LogP contribution in [0.2, 0.25) is 0 Å². The summed E-state index contributed by atoms with van der Waals surface area (Å²) in [4.78, 5) is 21.5. The SMILES string of the molecule is CCNC(=NCC1(O)CCC1)NC(C)c1nc(C)c(C(=O)OCC)s1.I. The maximum absolute atomic E-state index is 11.9. The number of hydrogen-bond donors (Lipinski definition) is 3. The summed E-state index contributed by atoms with van der Waals surface area (Å²) in [6.07, 6.45) is 2.67. The molecule has 0 saturated heterocycles. The molecule has 1 aromatic heterocycles. The van der Waals surface area contributed by atoms with Crippen LogP contribution in [0.3, 0.4) is 0 Å². The van der Waals surface area contributed by atoms with Crippen LogP contribution in [0.15, 0.2) is 4.99 Å². The number of carbonyl (C=O) groups excluding carboxylic acids is 1. The number of guanidine groups is 1. The largest absolute Gasteiger partial charge is 0.462 e. The highest BCUT2D eigenvalue weighted by Crippen LogP contribution is 2.31. The van der Waals surface area contributed by atoms with Crippen molar-refractivity contribution >= 4 is 47.2 Å². The molecule has 0 bridgehead atoms. The van der Waals surface area contributed by atoms with Crippen LogP contribution in [-0.4, -0.2) is 47.3 Å². The van der Waals surface area contributed by atoms with Crippen molar-refractivity contribution in [2.75, 3.05) is 19.7 Å². The number of aliphatic hydroxyl groups is 1. The lowest BCUT2D eigenvalue weighted by atomic mass is 9.80. The smallest absolute Gasteiger partial charge is 0.350 e. The Morgan fingerprint density at radius 1 is 1.46 bits per heavy atom. The molecule has 3 N–H and O–H groups in total. The van der Waals surface area contributed by atoms with Gasteiger partial charge in [0.1, 0.15) is 9.88 Å². The van der Waals surface area contributed by atoms with Crippen LogP contribution in [-0.2, 0) is 4.74 Å². The Balaban J connectivity index is 0.00000338. The van der Waals surface area contributed by atoms with E-state index in [4.69, 9.17) is 4.74 Å². The first-order valence-electron chi connectivity index (χ1n) is 8.80. The first-order valence-corrected chi connectivity index (χ1v) is 9.62. The molecule has 1 saturated carbocycles. The van der Waals surface area contributed by atoms with Crippen molar-refractivity contribution in [1.82, 2.24) is 15.6 Å². The minimum atomic E-state index is -0.652. The summed E-state index contributed by atoms with van der Waals surface area (Å²) < 4.78 is 5.06. The molecular formula is C17H29IN4O3S. The molecular weight excluding hydrogens is 467 g/mol. The fourth-order valence-electron chi connectivity index (χ4n) is 2.54. The maximum Gasteiger partial charge on any atom is 0.350 e. The lowest BCUT2D eigenvalue weighted by molar-refractivity contribution is -0.0236. The van der Waals surface area contributed by atoms with E-state index in [0.29, 0.717) is 29.7 Å². The van der Waals surface area contributed by atoms with E-state index in [9.17, 15) is 9.90 Å². The average molecular weight is 496 g/mol. The molecule has 1 heterocycles. The van der Waals surface area contributed by atoms with Crippen molar-refractivity contribution in [3.05, 3.63) is 15.6 Å². The minimum absolute atomic E-state index is 0. The number of esters is 1. The van der Waals surface area contributed by atoms with E-state index < -0.39 is 5.60 Å². The molecule has 2 rings (SSSR count). The Morgan fingerprint density at radius 3 is 2.69 bits per heavy atom. The fourth-order valence-corrected chi connectivity index (χ4v) is 3.51. The topological polar surface area (TPSA) is 95.8 Å². The second-order valence-electron chi connectivity index (χ2n) is 6.33. The molecule has 1 unspecified atom stereocenters. The quantitative estimate of drug-likeness (QED) is 0.233. The van der Waals surface area contributed by atoms with Gasteiger partial charge >= 0.3 is 5.97 Å². The highest BCUT2D eigenvalue weighted by molar-refractivity contribution is 14.0. The number of ether oxygens (including phenoxy) is 1. The Kier molecular flexibility index (Phi) is 9.25. The molecule has 26 heavy (non-hydrogen) atoms. The number of halogens is 1. The van der Waals surface area contributed by atoms with Crippen molar-refractivity contribution in [2.45, 2.75) is 58.6 Å². The third-order valence-corrected chi connectivity index (χ3v) is 5.48. The van der Waals surface area contributed by atoms with Gasteiger partial charge in [0.05, 0.1) is 30.5 Å². The van der Waals surface area contributed by atoms with Gasteiger partial charge in [0.25, 0.3) is 0 Å². The molecule has 148 valence electrons. The summed E-state index contributed by atoms with van der Waals surface area (Å²) >= 11 is 1.33. The normalized spacial score (nSPS) is 16.9. The van der Waals surface area contributed by atoms with E-state index >= 15 is 0 Å². The van der Waals surface area contributed by atoms with Crippen molar-refractivity contribution in [3.8, 4) is 0 Å². The highest BCUT2D eigenvalue weighted by Gasteiger charge is 2.34.